The van der Waals surface area contributed by atoms with Crippen LogP contribution in [0.4, 0.5) is 4.39 Å². The topological polar surface area (TPSA) is 47.6 Å². The van der Waals surface area contributed by atoms with Crippen molar-refractivity contribution in [3.05, 3.63) is 33.1 Å². The van der Waals surface area contributed by atoms with E-state index in [0.29, 0.717) is 17.5 Å². The van der Waals surface area contributed by atoms with Gasteiger partial charge in [0.15, 0.2) is 5.82 Å². The Balaban J connectivity index is 3.77. The Morgan fingerprint density at radius 2 is 1.80 bits per heavy atom. The monoisotopic (exact) mass is 222 g/mol. The number of halogens is 2. The van der Waals surface area contributed by atoms with Crippen molar-refractivity contribution in [3.63, 3.8) is 0 Å². The van der Waals surface area contributed by atoms with Gasteiger partial charge < -0.3 is 0 Å². The molecule has 1 aromatic rings. The molecule has 1 aromatic carbocycles. The summed E-state index contributed by atoms with van der Waals surface area (Å²) in [6.45, 7) is 3.47. The lowest BCUT2D eigenvalue weighted by Crippen LogP contribution is -2.01. The third-order valence-corrected chi connectivity index (χ3v) is 2.75. The molecule has 0 N–H and O–H groups in total. The van der Waals surface area contributed by atoms with Crippen molar-refractivity contribution in [3.8, 4) is 12.1 Å². The molecule has 76 valence electrons. The van der Waals surface area contributed by atoms with E-state index in [1.54, 1.807) is 19.1 Å². The predicted molar refractivity (Wildman–Crippen MR) is 55.0 cm³/mol. The van der Waals surface area contributed by atoms with Gasteiger partial charge in [-0.1, -0.05) is 18.5 Å². The van der Waals surface area contributed by atoms with Crippen LogP contribution >= 0.6 is 11.6 Å². The minimum absolute atomic E-state index is 0.0900. The van der Waals surface area contributed by atoms with E-state index >= 15 is 0 Å². The number of nitrogens with zero attached hydrogens (tertiary/aromatic N) is 2. The third-order valence-electron chi connectivity index (χ3n) is 2.33. The lowest BCUT2D eigenvalue weighted by molar-refractivity contribution is 0.617. The summed E-state index contributed by atoms with van der Waals surface area (Å²) >= 11 is 5.88. The van der Waals surface area contributed by atoms with Crippen LogP contribution in [0.15, 0.2) is 0 Å². The van der Waals surface area contributed by atoms with E-state index in [1.807, 2.05) is 6.92 Å². The molecular formula is C11H8ClFN2. The first-order valence-corrected chi connectivity index (χ1v) is 4.76. The molecule has 0 aliphatic heterocycles. The minimum Gasteiger partial charge on any atom is -0.204 e. The van der Waals surface area contributed by atoms with Crippen LogP contribution in [0.5, 0.6) is 0 Å². The van der Waals surface area contributed by atoms with Gasteiger partial charge in [0.1, 0.15) is 17.7 Å². The second kappa shape index (κ2) is 4.29. The van der Waals surface area contributed by atoms with Crippen LogP contribution in [0, 0.1) is 35.4 Å². The fourth-order valence-corrected chi connectivity index (χ4v) is 1.90. The van der Waals surface area contributed by atoms with Gasteiger partial charge in [-0.25, -0.2) is 4.39 Å². The fraction of sp³-hybridized carbons (Fsp3) is 0.273. The van der Waals surface area contributed by atoms with Gasteiger partial charge in [-0.2, -0.15) is 10.5 Å². The van der Waals surface area contributed by atoms with Gasteiger partial charge in [-0.05, 0) is 24.5 Å². The van der Waals surface area contributed by atoms with Crippen molar-refractivity contribution in [1.29, 1.82) is 10.5 Å². The Morgan fingerprint density at radius 3 is 2.20 bits per heavy atom. The van der Waals surface area contributed by atoms with Crippen molar-refractivity contribution in [2.75, 3.05) is 0 Å². The summed E-state index contributed by atoms with van der Waals surface area (Å²) in [7, 11) is 0. The molecule has 15 heavy (non-hydrogen) atoms. The third kappa shape index (κ3) is 1.67. The Kier molecular flexibility index (Phi) is 3.29. The predicted octanol–water partition coefficient (Wildman–Crippen LogP) is 3.09. The quantitative estimate of drug-likeness (QED) is 0.733. The highest BCUT2D eigenvalue weighted by atomic mass is 35.5. The number of rotatable bonds is 1. The molecule has 0 bridgehead atoms. The van der Waals surface area contributed by atoms with Crippen LogP contribution < -0.4 is 0 Å². The first-order valence-electron chi connectivity index (χ1n) is 4.39. The second-order valence-corrected chi connectivity index (χ2v) is 3.44. The molecule has 0 spiro atoms. The standard InChI is InChI=1S/C11H8ClFN2/c1-3-7-6(2)8(4-14)11(13)9(5-15)10(7)12/h3H2,1-2H3. The van der Waals surface area contributed by atoms with E-state index in [0.717, 1.165) is 0 Å². The average Bonchev–Trinajstić information content (AvgIpc) is 2.19. The zero-order valence-electron chi connectivity index (χ0n) is 8.36. The highest BCUT2D eigenvalue weighted by Gasteiger charge is 2.19. The van der Waals surface area contributed by atoms with Gasteiger partial charge in [0.05, 0.1) is 10.6 Å². The first kappa shape index (κ1) is 11.5. The maximum Gasteiger partial charge on any atom is 0.160 e. The fourth-order valence-electron chi connectivity index (χ4n) is 1.50. The lowest BCUT2D eigenvalue weighted by atomic mass is 9.97. The van der Waals surface area contributed by atoms with Crippen LogP contribution in [0.3, 0.4) is 0 Å². The van der Waals surface area contributed by atoms with Gasteiger partial charge in [0, 0.05) is 0 Å². The van der Waals surface area contributed by atoms with Crippen LogP contribution in [0.2, 0.25) is 5.02 Å². The van der Waals surface area contributed by atoms with E-state index < -0.39 is 5.82 Å². The van der Waals surface area contributed by atoms with Crippen molar-refractivity contribution in [2.45, 2.75) is 20.3 Å². The van der Waals surface area contributed by atoms with Crippen LogP contribution in [-0.4, -0.2) is 0 Å². The molecule has 0 unspecified atom stereocenters. The number of benzene rings is 1. The zero-order valence-corrected chi connectivity index (χ0v) is 9.11. The summed E-state index contributed by atoms with van der Waals surface area (Å²) < 4.78 is 13.6. The Hall–Kier alpha value is -1.58. The molecule has 1 rings (SSSR count). The van der Waals surface area contributed by atoms with Gasteiger partial charge in [0.25, 0.3) is 0 Å². The van der Waals surface area contributed by atoms with Crippen molar-refractivity contribution < 1.29 is 4.39 Å². The van der Waals surface area contributed by atoms with E-state index in [-0.39, 0.29) is 16.1 Å². The van der Waals surface area contributed by atoms with Gasteiger partial charge in [0.2, 0.25) is 0 Å². The van der Waals surface area contributed by atoms with Crippen molar-refractivity contribution in [1.82, 2.24) is 0 Å². The molecule has 0 saturated carbocycles. The normalized spacial score (nSPS) is 9.47. The summed E-state index contributed by atoms with van der Waals surface area (Å²) in [4.78, 5) is 0. The van der Waals surface area contributed by atoms with Gasteiger partial charge in [-0.15, -0.1) is 0 Å². The second-order valence-electron chi connectivity index (χ2n) is 3.06. The highest BCUT2D eigenvalue weighted by molar-refractivity contribution is 6.32. The Morgan fingerprint density at radius 1 is 1.27 bits per heavy atom. The molecular weight excluding hydrogens is 215 g/mol. The van der Waals surface area contributed by atoms with Crippen LogP contribution in [0.1, 0.15) is 29.2 Å². The van der Waals surface area contributed by atoms with E-state index in [2.05, 4.69) is 0 Å². The minimum atomic E-state index is -0.820. The molecule has 0 aliphatic rings. The molecule has 0 aromatic heterocycles. The summed E-state index contributed by atoms with van der Waals surface area (Å²) in [5.74, 6) is -0.820. The van der Waals surface area contributed by atoms with Crippen molar-refractivity contribution >= 4 is 11.6 Å². The summed E-state index contributed by atoms with van der Waals surface area (Å²) in [5, 5.41) is 17.7. The van der Waals surface area contributed by atoms with Crippen LogP contribution in [-0.2, 0) is 6.42 Å². The molecule has 0 heterocycles. The summed E-state index contributed by atoms with van der Waals surface area (Å²) in [6.07, 6.45) is 0.564. The smallest absolute Gasteiger partial charge is 0.160 e. The maximum absolute atomic E-state index is 13.6. The summed E-state index contributed by atoms with van der Waals surface area (Å²) in [5.41, 5.74) is 0.844. The molecule has 0 atom stereocenters. The Bertz CT molecular complexity index is 454. The number of nitriles is 2. The zero-order chi connectivity index (χ0) is 11.6. The molecule has 0 amide bonds. The largest absolute Gasteiger partial charge is 0.204 e. The molecule has 2 nitrogen and oxygen atoms in total. The SMILES string of the molecule is CCc1c(C)c(C#N)c(F)c(C#N)c1Cl. The number of hydrogen-bond donors (Lipinski definition) is 0. The average molecular weight is 223 g/mol. The first-order chi connectivity index (χ1) is 7.08. The Labute approximate surface area is 92.5 Å². The maximum atomic E-state index is 13.6. The van der Waals surface area contributed by atoms with E-state index in [4.69, 9.17) is 22.1 Å². The molecule has 4 heteroatoms. The van der Waals surface area contributed by atoms with Gasteiger partial charge >= 0.3 is 0 Å². The summed E-state index contributed by atoms with van der Waals surface area (Å²) in [6, 6.07) is 3.44. The molecule has 0 aliphatic carbocycles. The molecule has 0 fully saturated rings. The molecule has 0 saturated heterocycles. The lowest BCUT2D eigenvalue weighted by Gasteiger charge is -2.10. The molecule has 0 radical (unpaired) electrons. The van der Waals surface area contributed by atoms with E-state index in [1.165, 1.54) is 0 Å². The van der Waals surface area contributed by atoms with Gasteiger partial charge in [-0.3, -0.25) is 0 Å². The van der Waals surface area contributed by atoms with Crippen LogP contribution in [0.25, 0.3) is 0 Å². The highest BCUT2D eigenvalue weighted by Crippen LogP contribution is 2.30. The number of hydrogen-bond acceptors (Lipinski definition) is 2. The van der Waals surface area contributed by atoms with E-state index in [9.17, 15) is 4.39 Å². The van der Waals surface area contributed by atoms with Crippen molar-refractivity contribution in [2.24, 2.45) is 0 Å².